The molecule has 0 fully saturated rings. The summed E-state index contributed by atoms with van der Waals surface area (Å²) in [6, 6.07) is 0. The van der Waals surface area contributed by atoms with Crippen LogP contribution in [0.4, 0.5) is 0 Å². The van der Waals surface area contributed by atoms with Gasteiger partial charge in [0.25, 0.3) is 0 Å². The maximum atomic E-state index is 13.2. The summed E-state index contributed by atoms with van der Waals surface area (Å²) in [6.07, 6.45) is 37.6. The van der Waals surface area contributed by atoms with E-state index in [-0.39, 0.29) is 18.8 Å². The second-order valence-electron chi connectivity index (χ2n) is 16.3. The van der Waals surface area contributed by atoms with Crippen LogP contribution in [0.3, 0.4) is 0 Å². The molecule has 0 aliphatic heterocycles. The van der Waals surface area contributed by atoms with Crippen LogP contribution in [-0.2, 0) is 33.4 Å². The number of ether oxygens (including phenoxy) is 3. The van der Waals surface area contributed by atoms with Crippen molar-refractivity contribution in [1.82, 2.24) is 0 Å². The highest BCUT2D eigenvalue weighted by atomic mass is 16.7. The van der Waals surface area contributed by atoms with Crippen LogP contribution in [0.1, 0.15) is 259 Å². The largest absolute Gasteiger partial charge is 0.481 e. The van der Waals surface area contributed by atoms with Crippen molar-refractivity contribution in [3.63, 3.8) is 0 Å². The zero-order valence-electron chi connectivity index (χ0n) is 36.5. The summed E-state index contributed by atoms with van der Waals surface area (Å²) in [6.45, 7) is 7.73. The first-order valence-electron chi connectivity index (χ1n) is 23.5. The molecule has 0 aromatic heterocycles. The van der Waals surface area contributed by atoms with E-state index in [1.165, 1.54) is 161 Å². The standard InChI is InChI=1S/C47H88O8/c1-5-7-9-11-13-15-17-19-21-23-25-27-29-31-33-39-45(50)53-41(3)43(37-35-36-38-44(48)49)47(52)55-42(4)54-46(51)40-34-32-30-28-26-24-22-20-18-16-14-12-10-8-6-2/h41-43H,5-40H2,1-4H3,(H,48,49). The van der Waals surface area contributed by atoms with E-state index in [4.69, 9.17) is 19.3 Å². The molecule has 3 unspecified atom stereocenters. The van der Waals surface area contributed by atoms with Gasteiger partial charge in [0.1, 0.15) is 6.10 Å². The van der Waals surface area contributed by atoms with Gasteiger partial charge in [0, 0.05) is 26.2 Å². The monoisotopic (exact) mass is 781 g/mol. The predicted molar refractivity (Wildman–Crippen MR) is 226 cm³/mol. The summed E-state index contributed by atoms with van der Waals surface area (Å²) in [7, 11) is 0. The third-order valence-corrected chi connectivity index (χ3v) is 10.9. The molecule has 0 rings (SSSR count). The van der Waals surface area contributed by atoms with E-state index < -0.39 is 36.2 Å². The third-order valence-electron chi connectivity index (χ3n) is 10.9. The Bertz CT molecular complexity index is 905. The van der Waals surface area contributed by atoms with Gasteiger partial charge < -0.3 is 19.3 Å². The third kappa shape index (κ3) is 37.2. The van der Waals surface area contributed by atoms with Crippen LogP contribution in [0.5, 0.6) is 0 Å². The molecule has 0 spiro atoms. The van der Waals surface area contributed by atoms with Crippen LogP contribution in [0.15, 0.2) is 0 Å². The molecule has 8 nitrogen and oxygen atoms in total. The van der Waals surface area contributed by atoms with Crippen molar-refractivity contribution < 1.29 is 38.5 Å². The molecule has 0 aromatic rings. The summed E-state index contributed by atoms with van der Waals surface area (Å²) >= 11 is 0. The summed E-state index contributed by atoms with van der Waals surface area (Å²) < 4.78 is 16.5. The Kier molecular flexibility index (Phi) is 38.5. The topological polar surface area (TPSA) is 116 Å². The van der Waals surface area contributed by atoms with E-state index >= 15 is 0 Å². The van der Waals surface area contributed by atoms with Gasteiger partial charge in [-0.05, 0) is 32.6 Å². The lowest BCUT2D eigenvalue weighted by Crippen LogP contribution is -2.34. The molecule has 55 heavy (non-hydrogen) atoms. The number of hydrogen-bond donors (Lipinski definition) is 1. The van der Waals surface area contributed by atoms with Crippen molar-refractivity contribution in [3.8, 4) is 0 Å². The first-order valence-corrected chi connectivity index (χ1v) is 23.5. The van der Waals surface area contributed by atoms with E-state index in [0.29, 0.717) is 25.7 Å². The number of hydrogen-bond acceptors (Lipinski definition) is 7. The lowest BCUT2D eigenvalue weighted by atomic mass is 9.96. The molecular formula is C47H88O8. The molecule has 0 aromatic carbocycles. The zero-order valence-corrected chi connectivity index (χ0v) is 36.5. The number of unbranched alkanes of at least 4 members (excludes halogenated alkanes) is 29. The van der Waals surface area contributed by atoms with Crippen molar-refractivity contribution in [1.29, 1.82) is 0 Å². The first kappa shape index (κ1) is 52.9. The molecule has 0 heterocycles. The van der Waals surface area contributed by atoms with E-state index in [9.17, 15) is 19.2 Å². The zero-order chi connectivity index (χ0) is 40.6. The molecule has 0 bridgehead atoms. The minimum Gasteiger partial charge on any atom is -0.481 e. The van der Waals surface area contributed by atoms with E-state index in [2.05, 4.69) is 13.8 Å². The Balaban J connectivity index is 4.24. The van der Waals surface area contributed by atoms with Crippen molar-refractivity contribution in [2.45, 2.75) is 271 Å². The molecule has 0 saturated carbocycles. The Morgan fingerprint density at radius 2 is 0.709 bits per heavy atom. The fraction of sp³-hybridized carbons (Fsp3) is 0.915. The average molecular weight is 781 g/mol. The maximum absolute atomic E-state index is 13.2. The molecule has 3 atom stereocenters. The smallest absolute Gasteiger partial charge is 0.315 e. The molecule has 0 saturated heterocycles. The highest BCUT2D eigenvalue weighted by molar-refractivity contribution is 5.75. The SMILES string of the molecule is CCCCCCCCCCCCCCCCCC(=O)OC(C)OC(=O)C(CCCCC(=O)O)C(C)OC(=O)CCCCCCCCCCCCCCCCC. The fourth-order valence-electron chi connectivity index (χ4n) is 7.33. The number of aliphatic carboxylic acids is 1. The normalized spacial score (nSPS) is 12.9. The van der Waals surface area contributed by atoms with Crippen LogP contribution in [-0.4, -0.2) is 41.4 Å². The highest BCUT2D eigenvalue weighted by Gasteiger charge is 2.31. The van der Waals surface area contributed by atoms with Crippen molar-refractivity contribution in [2.75, 3.05) is 0 Å². The van der Waals surface area contributed by atoms with Gasteiger partial charge in [-0.15, -0.1) is 0 Å². The van der Waals surface area contributed by atoms with Crippen LogP contribution in [0, 0.1) is 5.92 Å². The van der Waals surface area contributed by atoms with Crippen molar-refractivity contribution >= 4 is 23.9 Å². The Morgan fingerprint density at radius 3 is 1.05 bits per heavy atom. The molecule has 0 amide bonds. The van der Waals surface area contributed by atoms with Gasteiger partial charge in [0.05, 0.1) is 5.92 Å². The maximum Gasteiger partial charge on any atom is 0.315 e. The van der Waals surface area contributed by atoms with Crippen LogP contribution in [0.2, 0.25) is 0 Å². The molecule has 0 radical (unpaired) electrons. The Hall–Kier alpha value is -2.12. The predicted octanol–water partition coefficient (Wildman–Crippen LogP) is 14.1. The highest BCUT2D eigenvalue weighted by Crippen LogP contribution is 2.22. The van der Waals surface area contributed by atoms with Gasteiger partial charge in [0.15, 0.2) is 0 Å². The molecule has 8 heteroatoms. The Labute approximate surface area is 338 Å². The fourth-order valence-corrected chi connectivity index (χ4v) is 7.33. The number of carbonyl (C=O) groups is 4. The minimum absolute atomic E-state index is 0.00243. The number of carbonyl (C=O) groups excluding carboxylic acids is 3. The van der Waals surface area contributed by atoms with E-state index in [1.54, 1.807) is 6.92 Å². The number of carboxylic acids is 1. The summed E-state index contributed by atoms with van der Waals surface area (Å²) in [5, 5.41) is 9.02. The van der Waals surface area contributed by atoms with Gasteiger partial charge in [-0.2, -0.15) is 0 Å². The second kappa shape index (κ2) is 40.1. The molecule has 0 aliphatic carbocycles. The van der Waals surface area contributed by atoms with Crippen LogP contribution >= 0.6 is 0 Å². The summed E-state index contributed by atoms with van der Waals surface area (Å²) in [5.74, 6) is -2.99. The van der Waals surface area contributed by atoms with E-state index in [0.717, 1.165) is 38.5 Å². The minimum atomic E-state index is -1.05. The van der Waals surface area contributed by atoms with Crippen molar-refractivity contribution in [3.05, 3.63) is 0 Å². The quantitative estimate of drug-likeness (QED) is 0.0370. The van der Waals surface area contributed by atoms with Crippen molar-refractivity contribution in [2.24, 2.45) is 5.92 Å². The summed E-state index contributed by atoms with van der Waals surface area (Å²) in [4.78, 5) is 49.3. The molecule has 1 N–H and O–H groups in total. The van der Waals surface area contributed by atoms with Gasteiger partial charge in [-0.25, -0.2) is 0 Å². The number of esters is 3. The lowest BCUT2D eigenvalue weighted by Gasteiger charge is -2.24. The molecular weight excluding hydrogens is 693 g/mol. The Morgan fingerprint density at radius 1 is 0.400 bits per heavy atom. The van der Waals surface area contributed by atoms with Crippen LogP contribution < -0.4 is 0 Å². The lowest BCUT2D eigenvalue weighted by molar-refractivity contribution is -0.190. The van der Waals surface area contributed by atoms with Gasteiger partial charge in [0.2, 0.25) is 6.29 Å². The summed E-state index contributed by atoms with van der Waals surface area (Å²) in [5.41, 5.74) is 0. The average Bonchev–Trinajstić information content (AvgIpc) is 3.14. The first-order chi connectivity index (χ1) is 26.7. The van der Waals surface area contributed by atoms with Crippen LogP contribution in [0.25, 0.3) is 0 Å². The number of carboxylic acid groups (broad SMARTS) is 1. The molecule has 0 aliphatic rings. The van der Waals surface area contributed by atoms with E-state index in [1.807, 2.05) is 0 Å². The van der Waals surface area contributed by atoms with Gasteiger partial charge in [-0.1, -0.05) is 200 Å². The van der Waals surface area contributed by atoms with Gasteiger partial charge >= 0.3 is 23.9 Å². The number of rotatable bonds is 42. The molecule has 324 valence electrons. The van der Waals surface area contributed by atoms with Gasteiger partial charge in [-0.3, -0.25) is 19.2 Å². The second-order valence-corrected chi connectivity index (χ2v) is 16.3.